The van der Waals surface area contributed by atoms with Gasteiger partial charge in [-0.3, -0.25) is 14.9 Å². The molecule has 0 heterocycles. The molecular formula is C12H16ClN3O4S. The SMILES string of the molecule is CNC(=O)CNC(=O)CNCS(=O)(=O)c1ccccc1Cl. The quantitative estimate of drug-likeness (QED) is 0.625. The molecule has 1 aromatic carbocycles. The van der Waals surface area contributed by atoms with Crippen molar-refractivity contribution in [1.82, 2.24) is 16.0 Å². The molecule has 0 radical (unpaired) electrons. The van der Waals surface area contributed by atoms with E-state index >= 15 is 0 Å². The molecule has 0 unspecified atom stereocenters. The Hall–Kier alpha value is -1.64. The van der Waals surface area contributed by atoms with E-state index in [1.807, 2.05) is 0 Å². The highest BCUT2D eigenvalue weighted by molar-refractivity contribution is 7.91. The highest BCUT2D eigenvalue weighted by Gasteiger charge is 2.17. The zero-order valence-corrected chi connectivity index (χ0v) is 12.9. The van der Waals surface area contributed by atoms with E-state index < -0.39 is 21.6 Å². The molecular weight excluding hydrogens is 318 g/mol. The lowest BCUT2D eigenvalue weighted by atomic mass is 10.4. The van der Waals surface area contributed by atoms with Gasteiger partial charge in [-0.1, -0.05) is 23.7 Å². The summed E-state index contributed by atoms with van der Waals surface area (Å²) in [7, 11) is -2.18. The van der Waals surface area contributed by atoms with Crippen molar-refractivity contribution in [2.24, 2.45) is 0 Å². The van der Waals surface area contributed by atoms with Crippen molar-refractivity contribution in [1.29, 1.82) is 0 Å². The summed E-state index contributed by atoms with van der Waals surface area (Å²) in [5.41, 5.74) is 0. The second kappa shape index (κ2) is 7.96. The molecule has 0 aliphatic carbocycles. The maximum atomic E-state index is 12.0. The minimum Gasteiger partial charge on any atom is -0.358 e. The molecule has 0 spiro atoms. The first-order valence-corrected chi connectivity index (χ1v) is 8.05. The van der Waals surface area contributed by atoms with Crippen molar-refractivity contribution in [2.75, 3.05) is 26.0 Å². The van der Waals surface area contributed by atoms with Gasteiger partial charge in [-0.25, -0.2) is 8.42 Å². The van der Waals surface area contributed by atoms with Crippen LogP contribution in [0.25, 0.3) is 0 Å². The number of rotatable bonds is 7. The van der Waals surface area contributed by atoms with E-state index in [-0.39, 0.29) is 28.9 Å². The molecule has 116 valence electrons. The number of carbonyl (C=O) groups excluding carboxylic acids is 2. The van der Waals surface area contributed by atoms with Crippen LogP contribution in [-0.2, 0) is 19.4 Å². The number of hydrogen-bond donors (Lipinski definition) is 3. The molecule has 0 saturated heterocycles. The van der Waals surface area contributed by atoms with Crippen LogP contribution in [0.2, 0.25) is 5.02 Å². The molecule has 9 heteroatoms. The molecule has 1 aromatic rings. The number of amides is 2. The highest BCUT2D eigenvalue weighted by atomic mass is 35.5. The average molecular weight is 334 g/mol. The third-order valence-corrected chi connectivity index (χ3v) is 4.53. The topological polar surface area (TPSA) is 104 Å². The Bertz CT molecular complexity index is 619. The van der Waals surface area contributed by atoms with Gasteiger partial charge in [0.25, 0.3) is 0 Å². The molecule has 0 aliphatic heterocycles. The molecule has 1 rings (SSSR count). The lowest BCUT2D eigenvalue weighted by molar-refractivity contribution is -0.125. The maximum absolute atomic E-state index is 12.0. The van der Waals surface area contributed by atoms with Gasteiger partial charge >= 0.3 is 0 Å². The van der Waals surface area contributed by atoms with Gasteiger partial charge < -0.3 is 10.6 Å². The first-order chi connectivity index (χ1) is 9.86. The van der Waals surface area contributed by atoms with E-state index in [4.69, 9.17) is 11.6 Å². The summed E-state index contributed by atoms with van der Waals surface area (Å²) in [5, 5.41) is 7.31. The van der Waals surface area contributed by atoms with Gasteiger partial charge in [0.05, 0.1) is 23.0 Å². The zero-order chi connectivity index (χ0) is 15.9. The Balaban J connectivity index is 2.47. The molecule has 2 amide bonds. The summed E-state index contributed by atoms with van der Waals surface area (Å²) in [6, 6.07) is 6.06. The average Bonchev–Trinajstić information content (AvgIpc) is 2.44. The number of halogens is 1. The van der Waals surface area contributed by atoms with Crippen molar-refractivity contribution in [2.45, 2.75) is 4.90 Å². The predicted molar refractivity (Wildman–Crippen MR) is 78.6 cm³/mol. The van der Waals surface area contributed by atoms with Crippen LogP contribution in [-0.4, -0.2) is 46.2 Å². The Morgan fingerprint density at radius 3 is 2.43 bits per heavy atom. The second-order valence-electron chi connectivity index (χ2n) is 4.07. The first kappa shape index (κ1) is 17.4. The van der Waals surface area contributed by atoms with E-state index in [0.717, 1.165) is 0 Å². The number of hydrogen-bond acceptors (Lipinski definition) is 5. The summed E-state index contributed by atoms with van der Waals surface area (Å²) in [4.78, 5) is 22.3. The molecule has 3 N–H and O–H groups in total. The summed E-state index contributed by atoms with van der Waals surface area (Å²) >= 11 is 5.82. The van der Waals surface area contributed by atoms with Gasteiger partial charge in [0, 0.05) is 7.05 Å². The molecule has 21 heavy (non-hydrogen) atoms. The zero-order valence-electron chi connectivity index (χ0n) is 11.3. The van der Waals surface area contributed by atoms with Crippen LogP contribution < -0.4 is 16.0 Å². The van der Waals surface area contributed by atoms with Crippen LogP contribution in [0.3, 0.4) is 0 Å². The molecule has 7 nitrogen and oxygen atoms in total. The Morgan fingerprint density at radius 1 is 1.14 bits per heavy atom. The fraction of sp³-hybridized carbons (Fsp3) is 0.333. The van der Waals surface area contributed by atoms with Crippen molar-refractivity contribution >= 4 is 33.3 Å². The third-order valence-electron chi connectivity index (χ3n) is 2.47. The minimum atomic E-state index is -3.62. The van der Waals surface area contributed by atoms with Crippen molar-refractivity contribution in [3.8, 4) is 0 Å². The number of likely N-dealkylation sites (N-methyl/N-ethyl adjacent to an activating group) is 1. The fourth-order valence-corrected chi connectivity index (χ4v) is 3.07. The van der Waals surface area contributed by atoms with Crippen molar-refractivity contribution < 1.29 is 18.0 Å². The summed E-state index contributed by atoms with van der Waals surface area (Å²) in [5.74, 6) is -1.25. The molecule has 0 saturated carbocycles. The smallest absolute Gasteiger partial charge is 0.239 e. The molecule has 0 bridgehead atoms. The molecule has 0 atom stereocenters. The Labute approximate surface area is 128 Å². The van der Waals surface area contributed by atoms with E-state index in [1.165, 1.54) is 19.2 Å². The number of carbonyl (C=O) groups is 2. The lowest BCUT2D eigenvalue weighted by Crippen LogP contribution is -2.40. The summed E-state index contributed by atoms with van der Waals surface area (Å²) in [6.45, 7) is -0.380. The van der Waals surface area contributed by atoms with E-state index in [0.29, 0.717) is 0 Å². The van der Waals surface area contributed by atoms with E-state index in [9.17, 15) is 18.0 Å². The van der Waals surface area contributed by atoms with Crippen molar-refractivity contribution in [3.63, 3.8) is 0 Å². The standard InChI is InChI=1S/C12H16ClN3O4S/c1-14-11(17)7-16-12(18)6-15-8-21(19,20)10-5-3-2-4-9(10)13/h2-5,15H,6-8H2,1H3,(H,14,17)(H,16,18). The monoisotopic (exact) mass is 333 g/mol. The fourth-order valence-electron chi connectivity index (χ4n) is 1.40. The first-order valence-electron chi connectivity index (χ1n) is 6.02. The molecule has 0 aromatic heterocycles. The van der Waals surface area contributed by atoms with Gasteiger partial charge in [-0.05, 0) is 12.1 Å². The van der Waals surface area contributed by atoms with E-state index in [1.54, 1.807) is 12.1 Å². The predicted octanol–water partition coefficient (Wildman–Crippen LogP) is -0.477. The normalized spacial score (nSPS) is 11.0. The summed E-state index contributed by atoms with van der Waals surface area (Å²) in [6.07, 6.45) is 0. The maximum Gasteiger partial charge on any atom is 0.239 e. The number of sulfone groups is 1. The van der Waals surface area contributed by atoms with Crippen LogP contribution in [0.1, 0.15) is 0 Å². The van der Waals surface area contributed by atoms with Crippen molar-refractivity contribution in [3.05, 3.63) is 29.3 Å². The van der Waals surface area contributed by atoms with Gasteiger partial charge in [-0.15, -0.1) is 0 Å². The van der Waals surface area contributed by atoms with Crippen LogP contribution in [0, 0.1) is 0 Å². The highest BCUT2D eigenvalue weighted by Crippen LogP contribution is 2.20. The van der Waals surface area contributed by atoms with Gasteiger partial charge in [-0.2, -0.15) is 0 Å². The third kappa shape index (κ3) is 5.70. The van der Waals surface area contributed by atoms with Crippen LogP contribution >= 0.6 is 11.6 Å². The lowest BCUT2D eigenvalue weighted by Gasteiger charge is -2.08. The van der Waals surface area contributed by atoms with Gasteiger partial charge in [0.2, 0.25) is 11.8 Å². The van der Waals surface area contributed by atoms with Crippen LogP contribution in [0.15, 0.2) is 29.2 Å². The minimum absolute atomic E-state index is 0.00457. The number of benzene rings is 1. The second-order valence-corrected chi connectivity index (χ2v) is 6.43. The van der Waals surface area contributed by atoms with Gasteiger partial charge in [0.1, 0.15) is 5.88 Å². The Kier molecular flexibility index (Phi) is 6.60. The van der Waals surface area contributed by atoms with Crippen LogP contribution in [0.5, 0.6) is 0 Å². The molecule has 0 fully saturated rings. The Morgan fingerprint density at radius 2 is 1.81 bits per heavy atom. The van der Waals surface area contributed by atoms with Gasteiger partial charge in [0.15, 0.2) is 9.84 Å². The largest absolute Gasteiger partial charge is 0.358 e. The molecule has 0 aliphatic rings. The van der Waals surface area contributed by atoms with Crippen LogP contribution in [0.4, 0.5) is 0 Å². The summed E-state index contributed by atoms with van der Waals surface area (Å²) < 4.78 is 24.0. The number of nitrogens with one attached hydrogen (secondary N) is 3. The van der Waals surface area contributed by atoms with E-state index in [2.05, 4.69) is 16.0 Å².